The Bertz CT molecular complexity index is 219. The molecule has 0 spiro atoms. The topological polar surface area (TPSA) is 81.7 Å². The highest BCUT2D eigenvalue weighted by Gasteiger charge is 2.26. The normalized spacial score (nSPS) is 23.0. The molecule has 0 aromatic rings. The molecular formula is C7H13N3O3. The van der Waals surface area contributed by atoms with Crippen molar-refractivity contribution in [2.24, 2.45) is 0 Å². The number of hydrazine groups is 1. The van der Waals surface area contributed by atoms with E-state index in [9.17, 15) is 9.59 Å². The lowest BCUT2D eigenvalue weighted by molar-refractivity contribution is -0.134. The lowest BCUT2D eigenvalue weighted by atomic mass is 10.1. The molecule has 74 valence electrons. The van der Waals surface area contributed by atoms with E-state index in [-0.39, 0.29) is 5.91 Å². The molecule has 2 amide bonds. The summed E-state index contributed by atoms with van der Waals surface area (Å²) in [6, 6.07) is -0.421. The smallest absolute Gasteiger partial charge is 0.419 e. The molecule has 1 heterocycles. The van der Waals surface area contributed by atoms with Crippen LogP contribution in [0.25, 0.3) is 0 Å². The standard InChI is InChI=1S/C7H13N3O3/c1-10-4-2-3-5(6(10)11)8-9-7(12)13/h5,8-9H,2-4H2,1H3,(H,12,13). The molecule has 0 aliphatic carbocycles. The van der Waals surface area contributed by atoms with Crippen LogP contribution in [0.1, 0.15) is 12.8 Å². The predicted molar refractivity (Wildman–Crippen MR) is 45.0 cm³/mol. The Morgan fingerprint density at radius 2 is 2.38 bits per heavy atom. The van der Waals surface area contributed by atoms with Gasteiger partial charge < -0.3 is 10.0 Å². The van der Waals surface area contributed by atoms with Crippen LogP contribution in [0.3, 0.4) is 0 Å². The molecule has 1 atom stereocenters. The summed E-state index contributed by atoms with van der Waals surface area (Å²) in [5.74, 6) is -0.0694. The molecule has 1 saturated heterocycles. The fourth-order valence-corrected chi connectivity index (χ4v) is 1.32. The van der Waals surface area contributed by atoms with Gasteiger partial charge in [0.25, 0.3) is 0 Å². The van der Waals surface area contributed by atoms with Crippen molar-refractivity contribution in [3.05, 3.63) is 0 Å². The third-order valence-corrected chi connectivity index (χ3v) is 2.01. The van der Waals surface area contributed by atoms with Crippen molar-refractivity contribution in [1.82, 2.24) is 15.8 Å². The van der Waals surface area contributed by atoms with Crippen LogP contribution in [0, 0.1) is 0 Å². The Hall–Kier alpha value is -1.30. The maximum absolute atomic E-state index is 11.4. The fourth-order valence-electron chi connectivity index (χ4n) is 1.32. The molecule has 1 fully saturated rings. The molecule has 0 aromatic heterocycles. The number of carbonyl (C=O) groups is 2. The Kier molecular flexibility index (Phi) is 3.07. The van der Waals surface area contributed by atoms with Crippen molar-refractivity contribution in [1.29, 1.82) is 0 Å². The zero-order valence-electron chi connectivity index (χ0n) is 7.41. The highest BCUT2D eigenvalue weighted by Crippen LogP contribution is 2.08. The first kappa shape index (κ1) is 9.79. The number of hydrogen-bond acceptors (Lipinski definition) is 3. The first-order valence-corrected chi connectivity index (χ1v) is 4.10. The summed E-state index contributed by atoms with van der Waals surface area (Å²) >= 11 is 0. The number of hydrogen-bond donors (Lipinski definition) is 3. The van der Waals surface area contributed by atoms with E-state index < -0.39 is 12.1 Å². The van der Waals surface area contributed by atoms with Crippen molar-refractivity contribution in [2.75, 3.05) is 13.6 Å². The van der Waals surface area contributed by atoms with E-state index in [0.717, 1.165) is 13.0 Å². The zero-order valence-corrected chi connectivity index (χ0v) is 7.41. The monoisotopic (exact) mass is 187 g/mol. The van der Waals surface area contributed by atoms with Crippen LogP contribution in [0.2, 0.25) is 0 Å². The largest absolute Gasteiger partial charge is 0.464 e. The third-order valence-electron chi connectivity index (χ3n) is 2.01. The zero-order chi connectivity index (χ0) is 9.84. The van der Waals surface area contributed by atoms with E-state index in [1.54, 1.807) is 11.9 Å². The lowest BCUT2D eigenvalue weighted by Crippen LogP contribution is -2.54. The molecular weight excluding hydrogens is 174 g/mol. The molecule has 6 heteroatoms. The van der Waals surface area contributed by atoms with E-state index in [1.807, 2.05) is 5.43 Å². The number of rotatable bonds is 2. The molecule has 13 heavy (non-hydrogen) atoms. The van der Waals surface area contributed by atoms with Crippen molar-refractivity contribution < 1.29 is 14.7 Å². The van der Waals surface area contributed by atoms with Gasteiger partial charge in [-0.25, -0.2) is 10.2 Å². The van der Waals surface area contributed by atoms with E-state index >= 15 is 0 Å². The van der Waals surface area contributed by atoms with E-state index in [2.05, 4.69) is 5.43 Å². The van der Waals surface area contributed by atoms with Gasteiger partial charge in [-0.2, -0.15) is 0 Å². The molecule has 1 aliphatic rings. The molecule has 1 unspecified atom stereocenters. The van der Waals surface area contributed by atoms with Crippen LogP contribution < -0.4 is 10.9 Å². The lowest BCUT2D eigenvalue weighted by Gasteiger charge is -2.29. The van der Waals surface area contributed by atoms with Crippen molar-refractivity contribution in [3.63, 3.8) is 0 Å². The third kappa shape index (κ3) is 2.59. The quantitative estimate of drug-likeness (QED) is 0.503. The minimum Gasteiger partial charge on any atom is -0.464 e. The van der Waals surface area contributed by atoms with Gasteiger partial charge in [0.1, 0.15) is 6.04 Å². The van der Waals surface area contributed by atoms with Gasteiger partial charge in [-0.15, -0.1) is 0 Å². The number of nitrogens with zero attached hydrogens (tertiary/aromatic N) is 1. The van der Waals surface area contributed by atoms with Gasteiger partial charge in [0.2, 0.25) is 5.91 Å². The Labute approximate surface area is 75.9 Å². The Morgan fingerprint density at radius 1 is 1.69 bits per heavy atom. The highest BCUT2D eigenvalue weighted by molar-refractivity contribution is 5.82. The summed E-state index contributed by atoms with van der Waals surface area (Å²) in [5.41, 5.74) is 4.45. The van der Waals surface area contributed by atoms with Gasteiger partial charge in [-0.1, -0.05) is 0 Å². The van der Waals surface area contributed by atoms with Crippen LogP contribution in [0.5, 0.6) is 0 Å². The number of likely N-dealkylation sites (tertiary alicyclic amines) is 1. The SMILES string of the molecule is CN1CCCC(NNC(=O)O)C1=O. The van der Waals surface area contributed by atoms with Gasteiger partial charge in [-0.05, 0) is 12.8 Å². The van der Waals surface area contributed by atoms with Crippen LogP contribution in [-0.4, -0.2) is 41.6 Å². The molecule has 1 rings (SSSR count). The van der Waals surface area contributed by atoms with Gasteiger partial charge in [0.05, 0.1) is 0 Å². The summed E-state index contributed by atoms with van der Waals surface area (Å²) in [4.78, 5) is 23.1. The van der Waals surface area contributed by atoms with Gasteiger partial charge in [0, 0.05) is 13.6 Å². The number of carboxylic acid groups (broad SMARTS) is 1. The summed E-state index contributed by atoms with van der Waals surface area (Å²) < 4.78 is 0. The number of amides is 2. The fraction of sp³-hybridized carbons (Fsp3) is 0.714. The maximum Gasteiger partial charge on any atom is 0.419 e. The van der Waals surface area contributed by atoms with Crippen molar-refractivity contribution in [3.8, 4) is 0 Å². The predicted octanol–water partition coefficient (Wildman–Crippen LogP) is -0.621. The molecule has 0 bridgehead atoms. The molecule has 0 saturated carbocycles. The second kappa shape index (κ2) is 4.08. The van der Waals surface area contributed by atoms with E-state index in [1.165, 1.54) is 0 Å². The molecule has 3 N–H and O–H groups in total. The maximum atomic E-state index is 11.4. The van der Waals surface area contributed by atoms with Crippen molar-refractivity contribution >= 4 is 12.0 Å². The average molecular weight is 187 g/mol. The van der Waals surface area contributed by atoms with Crippen LogP contribution in [0.4, 0.5) is 4.79 Å². The van der Waals surface area contributed by atoms with Crippen LogP contribution in [-0.2, 0) is 4.79 Å². The number of piperidine rings is 1. The first-order valence-electron chi connectivity index (χ1n) is 4.10. The molecule has 0 radical (unpaired) electrons. The van der Waals surface area contributed by atoms with Crippen LogP contribution in [0.15, 0.2) is 0 Å². The molecule has 1 aliphatic heterocycles. The first-order chi connectivity index (χ1) is 6.11. The van der Waals surface area contributed by atoms with Crippen LogP contribution >= 0.6 is 0 Å². The van der Waals surface area contributed by atoms with Crippen molar-refractivity contribution in [2.45, 2.75) is 18.9 Å². The average Bonchev–Trinajstić information content (AvgIpc) is 2.07. The van der Waals surface area contributed by atoms with E-state index in [0.29, 0.717) is 6.42 Å². The minimum absolute atomic E-state index is 0.0694. The second-order valence-electron chi connectivity index (χ2n) is 3.03. The number of carbonyl (C=O) groups excluding carboxylic acids is 1. The number of likely N-dealkylation sites (N-methyl/N-ethyl adjacent to an activating group) is 1. The summed E-state index contributed by atoms with van der Waals surface area (Å²) in [7, 11) is 1.71. The summed E-state index contributed by atoms with van der Waals surface area (Å²) in [6.45, 7) is 0.740. The van der Waals surface area contributed by atoms with Gasteiger partial charge in [0.15, 0.2) is 0 Å². The minimum atomic E-state index is -1.18. The Morgan fingerprint density at radius 3 is 3.00 bits per heavy atom. The second-order valence-corrected chi connectivity index (χ2v) is 3.03. The highest BCUT2D eigenvalue weighted by atomic mass is 16.4. The van der Waals surface area contributed by atoms with E-state index in [4.69, 9.17) is 5.11 Å². The summed E-state index contributed by atoms with van der Waals surface area (Å²) in [5, 5.41) is 8.30. The Balaban J connectivity index is 2.40. The molecule has 0 aromatic carbocycles. The molecule has 6 nitrogen and oxygen atoms in total. The van der Waals surface area contributed by atoms with Gasteiger partial charge >= 0.3 is 6.09 Å². The van der Waals surface area contributed by atoms with Gasteiger partial charge in [-0.3, -0.25) is 10.2 Å². The number of nitrogens with one attached hydrogen (secondary N) is 2. The summed E-state index contributed by atoms with van der Waals surface area (Å²) in [6.07, 6.45) is 0.381.